The number of nitrogens with zero attached hydrogens (tertiary/aromatic N) is 4. The van der Waals surface area contributed by atoms with Gasteiger partial charge in [0.25, 0.3) is 0 Å². The van der Waals surface area contributed by atoms with Crippen molar-refractivity contribution in [3.63, 3.8) is 0 Å². The normalized spacial score (nSPS) is 23.2. The third-order valence-corrected chi connectivity index (χ3v) is 4.90. The Morgan fingerprint density at radius 1 is 1.30 bits per heavy atom. The maximum Gasteiger partial charge on any atom is 0.241 e. The van der Waals surface area contributed by atoms with Crippen LogP contribution >= 0.6 is 0 Å². The van der Waals surface area contributed by atoms with Gasteiger partial charge in [0.15, 0.2) is 0 Å². The molecule has 0 aromatic carbocycles. The summed E-state index contributed by atoms with van der Waals surface area (Å²) in [6, 6.07) is -0.575. The largest absolute Gasteiger partial charge is 0.383 e. The summed E-state index contributed by atoms with van der Waals surface area (Å²) in [5.74, 6) is 2.41. The highest BCUT2D eigenvalue weighted by molar-refractivity contribution is 5.82. The van der Waals surface area contributed by atoms with Crippen molar-refractivity contribution in [3.8, 4) is 0 Å². The molecule has 0 spiro atoms. The standard InChI is InChI=1S/C16H27N5O2/c1-23-11-13(17)16(22)20-8-5-6-12(10-20)15-19-18-14-7-3-2-4-9-21(14)15/h12-13H,2-11,17H2,1H3. The number of aromatic nitrogens is 3. The van der Waals surface area contributed by atoms with Crippen LogP contribution in [0, 0.1) is 0 Å². The number of nitrogens with two attached hydrogens (primary N) is 1. The molecule has 1 aromatic heterocycles. The molecule has 1 fully saturated rings. The number of aryl methyl sites for hydroxylation is 1. The Bertz CT molecular complexity index is 545. The Balaban J connectivity index is 1.71. The molecule has 23 heavy (non-hydrogen) atoms. The molecule has 0 radical (unpaired) electrons. The minimum absolute atomic E-state index is 0.0212. The number of piperidine rings is 1. The SMILES string of the molecule is COCC(N)C(=O)N1CCCC(c2nnc3n2CCCCC3)C1. The van der Waals surface area contributed by atoms with E-state index < -0.39 is 6.04 Å². The second-order valence-corrected chi connectivity index (χ2v) is 6.62. The average Bonchev–Trinajstić information content (AvgIpc) is 2.83. The van der Waals surface area contributed by atoms with E-state index in [0.717, 1.165) is 44.0 Å². The predicted octanol–water partition coefficient (Wildman–Crippen LogP) is 0.684. The number of methoxy groups -OCH3 is 1. The van der Waals surface area contributed by atoms with Gasteiger partial charge in [-0.2, -0.15) is 0 Å². The van der Waals surface area contributed by atoms with Gasteiger partial charge in [-0.3, -0.25) is 4.79 Å². The van der Waals surface area contributed by atoms with Crippen LogP contribution in [0.15, 0.2) is 0 Å². The quantitative estimate of drug-likeness (QED) is 0.881. The van der Waals surface area contributed by atoms with Crippen LogP contribution in [-0.2, 0) is 22.5 Å². The van der Waals surface area contributed by atoms with Gasteiger partial charge < -0.3 is 19.9 Å². The first-order valence-corrected chi connectivity index (χ1v) is 8.66. The van der Waals surface area contributed by atoms with Crippen LogP contribution in [0.1, 0.15) is 49.7 Å². The van der Waals surface area contributed by atoms with Gasteiger partial charge in [-0.25, -0.2) is 0 Å². The van der Waals surface area contributed by atoms with Gasteiger partial charge >= 0.3 is 0 Å². The minimum atomic E-state index is -0.575. The van der Waals surface area contributed by atoms with Gasteiger partial charge in [0, 0.05) is 39.1 Å². The van der Waals surface area contributed by atoms with Gasteiger partial charge in [0.1, 0.15) is 17.7 Å². The van der Waals surface area contributed by atoms with E-state index in [1.807, 2.05) is 4.90 Å². The number of likely N-dealkylation sites (tertiary alicyclic amines) is 1. The van der Waals surface area contributed by atoms with Crippen molar-refractivity contribution in [2.24, 2.45) is 5.73 Å². The molecule has 0 bridgehead atoms. The first kappa shape index (κ1) is 16.4. The van der Waals surface area contributed by atoms with E-state index in [-0.39, 0.29) is 18.4 Å². The number of hydrogen-bond donors (Lipinski definition) is 1. The molecule has 3 rings (SSSR count). The summed E-state index contributed by atoms with van der Waals surface area (Å²) >= 11 is 0. The van der Waals surface area contributed by atoms with Crippen molar-refractivity contribution in [1.29, 1.82) is 0 Å². The van der Waals surface area contributed by atoms with Crippen LogP contribution in [0.2, 0.25) is 0 Å². The van der Waals surface area contributed by atoms with Crippen LogP contribution in [0.5, 0.6) is 0 Å². The van der Waals surface area contributed by atoms with E-state index in [1.165, 1.54) is 19.3 Å². The van der Waals surface area contributed by atoms with Crippen molar-refractivity contribution in [3.05, 3.63) is 11.6 Å². The topological polar surface area (TPSA) is 86.3 Å². The third kappa shape index (κ3) is 3.55. The number of rotatable bonds is 4. The molecule has 2 atom stereocenters. The predicted molar refractivity (Wildman–Crippen MR) is 86.0 cm³/mol. The van der Waals surface area contributed by atoms with Crippen molar-refractivity contribution in [1.82, 2.24) is 19.7 Å². The van der Waals surface area contributed by atoms with Crippen LogP contribution in [0.3, 0.4) is 0 Å². The van der Waals surface area contributed by atoms with Gasteiger partial charge in [-0.15, -0.1) is 10.2 Å². The molecule has 1 amide bonds. The maximum atomic E-state index is 12.4. The maximum absolute atomic E-state index is 12.4. The zero-order chi connectivity index (χ0) is 16.2. The fraction of sp³-hybridized carbons (Fsp3) is 0.812. The summed E-state index contributed by atoms with van der Waals surface area (Å²) in [6.45, 7) is 2.73. The number of amides is 1. The number of ether oxygens (including phenoxy) is 1. The molecule has 2 aliphatic rings. The van der Waals surface area contributed by atoms with E-state index in [2.05, 4.69) is 14.8 Å². The van der Waals surface area contributed by atoms with Crippen LogP contribution in [0.4, 0.5) is 0 Å². The molecular formula is C16H27N5O2. The van der Waals surface area contributed by atoms with Gasteiger partial charge in [0.2, 0.25) is 5.91 Å². The fourth-order valence-electron chi connectivity index (χ4n) is 3.68. The molecule has 0 saturated carbocycles. The molecule has 1 saturated heterocycles. The van der Waals surface area contributed by atoms with Gasteiger partial charge in [-0.1, -0.05) is 6.42 Å². The second-order valence-electron chi connectivity index (χ2n) is 6.62. The monoisotopic (exact) mass is 321 g/mol. The zero-order valence-electron chi connectivity index (χ0n) is 13.9. The summed E-state index contributed by atoms with van der Waals surface area (Å²) in [6.07, 6.45) is 6.69. The molecule has 128 valence electrons. The summed E-state index contributed by atoms with van der Waals surface area (Å²) in [7, 11) is 1.57. The number of fused-ring (bicyclic) bond motifs is 1. The summed E-state index contributed by atoms with van der Waals surface area (Å²) in [5.41, 5.74) is 5.90. The lowest BCUT2D eigenvalue weighted by Gasteiger charge is -2.33. The second kappa shape index (κ2) is 7.40. The number of carbonyl (C=O) groups excluding carboxylic acids is 1. The van der Waals surface area contributed by atoms with Crippen molar-refractivity contribution in [2.45, 2.75) is 57.0 Å². The van der Waals surface area contributed by atoms with E-state index >= 15 is 0 Å². The van der Waals surface area contributed by atoms with Crippen molar-refractivity contribution < 1.29 is 9.53 Å². The molecule has 2 aliphatic heterocycles. The zero-order valence-corrected chi connectivity index (χ0v) is 13.9. The lowest BCUT2D eigenvalue weighted by Crippen LogP contribution is -2.49. The highest BCUT2D eigenvalue weighted by atomic mass is 16.5. The van der Waals surface area contributed by atoms with Gasteiger partial charge in [-0.05, 0) is 25.7 Å². The Labute approximate surface area is 137 Å². The van der Waals surface area contributed by atoms with Crippen LogP contribution in [-0.4, -0.2) is 58.4 Å². The lowest BCUT2D eigenvalue weighted by molar-refractivity contribution is -0.135. The molecule has 2 N–H and O–H groups in total. The molecule has 0 aliphatic carbocycles. The minimum Gasteiger partial charge on any atom is -0.383 e. The Hall–Kier alpha value is -1.47. The smallest absolute Gasteiger partial charge is 0.241 e. The summed E-state index contributed by atoms with van der Waals surface area (Å²) in [5, 5.41) is 8.85. The van der Waals surface area contributed by atoms with E-state index in [0.29, 0.717) is 6.54 Å². The molecule has 1 aromatic rings. The van der Waals surface area contributed by atoms with Crippen LogP contribution in [0.25, 0.3) is 0 Å². The van der Waals surface area contributed by atoms with Gasteiger partial charge in [0.05, 0.1) is 6.61 Å². The molecule has 2 unspecified atom stereocenters. The number of hydrogen-bond acceptors (Lipinski definition) is 5. The third-order valence-electron chi connectivity index (χ3n) is 4.90. The highest BCUT2D eigenvalue weighted by Crippen LogP contribution is 2.28. The molecule has 3 heterocycles. The van der Waals surface area contributed by atoms with Crippen molar-refractivity contribution in [2.75, 3.05) is 26.8 Å². The van der Waals surface area contributed by atoms with Crippen LogP contribution < -0.4 is 5.73 Å². The first-order valence-electron chi connectivity index (χ1n) is 8.66. The summed E-state index contributed by atoms with van der Waals surface area (Å²) < 4.78 is 7.30. The van der Waals surface area contributed by atoms with Crippen molar-refractivity contribution >= 4 is 5.91 Å². The Kier molecular flexibility index (Phi) is 5.27. The average molecular weight is 321 g/mol. The lowest BCUT2D eigenvalue weighted by atomic mass is 9.96. The number of carbonyl (C=O) groups is 1. The molecular weight excluding hydrogens is 294 g/mol. The summed E-state index contributed by atoms with van der Waals surface area (Å²) in [4.78, 5) is 14.3. The van der Waals surface area contributed by atoms with E-state index in [9.17, 15) is 4.79 Å². The highest BCUT2D eigenvalue weighted by Gasteiger charge is 2.31. The Morgan fingerprint density at radius 2 is 2.17 bits per heavy atom. The fourth-order valence-corrected chi connectivity index (χ4v) is 3.68. The van der Waals surface area contributed by atoms with E-state index in [4.69, 9.17) is 10.5 Å². The molecule has 7 heteroatoms. The Morgan fingerprint density at radius 3 is 3.00 bits per heavy atom. The van der Waals surface area contributed by atoms with E-state index in [1.54, 1.807) is 7.11 Å². The molecule has 7 nitrogen and oxygen atoms in total. The first-order chi connectivity index (χ1) is 11.2.